The van der Waals surface area contributed by atoms with Crippen LogP contribution in [0, 0.1) is 5.41 Å². The van der Waals surface area contributed by atoms with E-state index in [1.807, 2.05) is 24.3 Å². The quantitative estimate of drug-likeness (QED) is 0.887. The third-order valence-corrected chi connectivity index (χ3v) is 5.44. The van der Waals surface area contributed by atoms with Crippen LogP contribution in [0.1, 0.15) is 25.7 Å². The molecule has 2 aliphatic rings. The fraction of sp³-hybridized carbons (Fsp3) is 0.444. The Morgan fingerprint density at radius 1 is 1.00 bits per heavy atom. The smallest absolute Gasteiger partial charge is 0.127 e. The van der Waals surface area contributed by atoms with Crippen LogP contribution in [0.2, 0.25) is 5.02 Å². The summed E-state index contributed by atoms with van der Waals surface area (Å²) in [6.45, 7) is 2.33. The monoisotopic (exact) mass is 301 g/mol. The molecule has 21 heavy (non-hydrogen) atoms. The number of hydrogen-bond acceptors (Lipinski definition) is 2. The zero-order valence-corrected chi connectivity index (χ0v) is 12.8. The standard InChI is InChI=1S/C18H20ClNO/c19-16-5-6-17(15-4-2-1-3-14(15)16)21-13-11-18(12-13)7-9-20-10-8-18/h1-6,13,20H,7-12H2. The van der Waals surface area contributed by atoms with E-state index < -0.39 is 0 Å². The summed E-state index contributed by atoms with van der Waals surface area (Å²) in [7, 11) is 0. The fourth-order valence-corrected chi connectivity index (χ4v) is 4.10. The first kappa shape index (κ1) is 13.4. The molecular formula is C18H20ClNO. The predicted molar refractivity (Wildman–Crippen MR) is 87.1 cm³/mol. The first-order chi connectivity index (χ1) is 10.3. The molecule has 1 saturated heterocycles. The van der Waals surface area contributed by atoms with Gasteiger partial charge in [-0.05, 0) is 56.3 Å². The van der Waals surface area contributed by atoms with Gasteiger partial charge in [-0.15, -0.1) is 0 Å². The Morgan fingerprint density at radius 2 is 1.71 bits per heavy atom. The number of piperidine rings is 1. The van der Waals surface area contributed by atoms with Crippen LogP contribution in [-0.2, 0) is 0 Å². The fourth-order valence-electron chi connectivity index (χ4n) is 3.87. The number of benzene rings is 2. The van der Waals surface area contributed by atoms with Crippen molar-refractivity contribution in [3.63, 3.8) is 0 Å². The molecule has 1 spiro atoms. The molecule has 2 aromatic carbocycles. The van der Waals surface area contributed by atoms with Gasteiger partial charge in [0, 0.05) is 15.8 Å². The third-order valence-electron chi connectivity index (χ3n) is 5.11. The lowest BCUT2D eigenvalue weighted by Gasteiger charge is -2.49. The normalized spacial score (nSPS) is 21.4. The number of fused-ring (bicyclic) bond motifs is 1. The molecule has 110 valence electrons. The zero-order chi connectivity index (χ0) is 14.3. The van der Waals surface area contributed by atoms with E-state index >= 15 is 0 Å². The van der Waals surface area contributed by atoms with Gasteiger partial charge in [0.25, 0.3) is 0 Å². The lowest BCUT2D eigenvalue weighted by molar-refractivity contribution is -0.0340. The summed E-state index contributed by atoms with van der Waals surface area (Å²) < 4.78 is 6.27. The average molecular weight is 302 g/mol. The molecule has 0 radical (unpaired) electrons. The SMILES string of the molecule is Clc1ccc(OC2CC3(CCNCC3)C2)c2ccccc12. The van der Waals surface area contributed by atoms with E-state index in [0.717, 1.165) is 34.6 Å². The molecule has 2 nitrogen and oxygen atoms in total. The van der Waals surface area contributed by atoms with Crippen molar-refractivity contribution >= 4 is 22.4 Å². The summed E-state index contributed by atoms with van der Waals surface area (Å²) in [5, 5.41) is 6.44. The van der Waals surface area contributed by atoms with Crippen molar-refractivity contribution in [2.24, 2.45) is 5.41 Å². The van der Waals surface area contributed by atoms with Crippen LogP contribution in [0.4, 0.5) is 0 Å². The minimum Gasteiger partial charge on any atom is -0.490 e. The topological polar surface area (TPSA) is 21.3 Å². The summed E-state index contributed by atoms with van der Waals surface area (Å²) >= 11 is 6.27. The van der Waals surface area contributed by atoms with Gasteiger partial charge < -0.3 is 10.1 Å². The molecule has 0 amide bonds. The van der Waals surface area contributed by atoms with Gasteiger partial charge in [0.1, 0.15) is 5.75 Å². The van der Waals surface area contributed by atoms with Crippen molar-refractivity contribution in [2.45, 2.75) is 31.8 Å². The zero-order valence-electron chi connectivity index (χ0n) is 12.1. The molecular weight excluding hydrogens is 282 g/mol. The maximum Gasteiger partial charge on any atom is 0.127 e. The van der Waals surface area contributed by atoms with Crippen LogP contribution in [0.5, 0.6) is 5.75 Å². The molecule has 1 aliphatic heterocycles. The highest BCUT2D eigenvalue weighted by Gasteiger charge is 2.45. The van der Waals surface area contributed by atoms with E-state index in [-0.39, 0.29) is 0 Å². The molecule has 2 aromatic rings. The lowest BCUT2D eigenvalue weighted by atomic mass is 9.62. The predicted octanol–water partition coefficient (Wildman–Crippen LogP) is 4.40. The molecule has 1 heterocycles. The lowest BCUT2D eigenvalue weighted by Crippen LogP contribution is -2.49. The first-order valence-corrected chi connectivity index (χ1v) is 8.18. The van der Waals surface area contributed by atoms with Crippen molar-refractivity contribution < 1.29 is 4.74 Å². The Balaban J connectivity index is 1.52. The van der Waals surface area contributed by atoms with Crippen molar-refractivity contribution in [2.75, 3.05) is 13.1 Å². The maximum absolute atomic E-state index is 6.27. The second-order valence-corrected chi connectivity index (χ2v) is 6.90. The summed E-state index contributed by atoms with van der Waals surface area (Å²) in [6.07, 6.45) is 5.37. The van der Waals surface area contributed by atoms with Gasteiger partial charge in [-0.2, -0.15) is 0 Å². The molecule has 2 fully saturated rings. The van der Waals surface area contributed by atoms with E-state index in [4.69, 9.17) is 16.3 Å². The van der Waals surface area contributed by atoms with Gasteiger partial charge in [-0.25, -0.2) is 0 Å². The highest BCUT2D eigenvalue weighted by molar-refractivity contribution is 6.35. The molecule has 0 unspecified atom stereocenters. The van der Waals surface area contributed by atoms with Crippen molar-refractivity contribution in [3.8, 4) is 5.75 Å². The summed E-state index contributed by atoms with van der Waals surface area (Å²) in [5.74, 6) is 0.976. The van der Waals surface area contributed by atoms with Gasteiger partial charge in [-0.3, -0.25) is 0 Å². The summed E-state index contributed by atoms with van der Waals surface area (Å²) in [6, 6.07) is 12.2. The molecule has 1 aliphatic carbocycles. The van der Waals surface area contributed by atoms with E-state index in [0.29, 0.717) is 11.5 Å². The number of halogens is 1. The van der Waals surface area contributed by atoms with Crippen LogP contribution in [0.25, 0.3) is 10.8 Å². The Bertz CT molecular complexity index is 655. The molecule has 4 rings (SSSR count). The van der Waals surface area contributed by atoms with Crippen LogP contribution in [-0.4, -0.2) is 19.2 Å². The largest absolute Gasteiger partial charge is 0.490 e. The van der Waals surface area contributed by atoms with Gasteiger partial charge in [-0.1, -0.05) is 35.9 Å². The van der Waals surface area contributed by atoms with Crippen LogP contribution in [0.15, 0.2) is 36.4 Å². The Morgan fingerprint density at radius 3 is 2.48 bits per heavy atom. The second-order valence-electron chi connectivity index (χ2n) is 6.49. The van der Waals surface area contributed by atoms with Crippen LogP contribution in [0.3, 0.4) is 0 Å². The van der Waals surface area contributed by atoms with Gasteiger partial charge in [0.05, 0.1) is 6.10 Å². The van der Waals surface area contributed by atoms with Crippen molar-refractivity contribution in [1.29, 1.82) is 0 Å². The van der Waals surface area contributed by atoms with E-state index in [1.165, 1.54) is 25.7 Å². The highest BCUT2D eigenvalue weighted by Crippen LogP contribution is 2.49. The number of ether oxygens (including phenoxy) is 1. The molecule has 3 heteroatoms. The number of nitrogens with one attached hydrogen (secondary N) is 1. The average Bonchev–Trinajstić information content (AvgIpc) is 2.50. The highest BCUT2D eigenvalue weighted by atomic mass is 35.5. The number of hydrogen-bond donors (Lipinski definition) is 1. The first-order valence-electron chi connectivity index (χ1n) is 7.80. The molecule has 0 aromatic heterocycles. The Kier molecular flexibility index (Phi) is 3.31. The van der Waals surface area contributed by atoms with Gasteiger partial charge >= 0.3 is 0 Å². The molecule has 0 bridgehead atoms. The van der Waals surface area contributed by atoms with Crippen LogP contribution >= 0.6 is 11.6 Å². The number of rotatable bonds is 2. The van der Waals surface area contributed by atoms with Gasteiger partial charge in [0.2, 0.25) is 0 Å². The maximum atomic E-state index is 6.27. The molecule has 1 saturated carbocycles. The minimum absolute atomic E-state index is 0.368. The van der Waals surface area contributed by atoms with Crippen molar-refractivity contribution in [1.82, 2.24) is 5.32 Å². The Labute approximate surface area is 130 Å². The van der Waals surface area contributed by atoms with Crippen LogP contribution < -0.4 is 10.1 Å². The Hall–Kier alpha value is -1.25. The summed E-state index contributed by atoms with van der Waals surface area (Å²) in [5.41, 5.74) is 0.554. The third kappa shape index (κ3) is 2.41. The summed E-state index contributed by atoms with van der Waals surface area (Å²) in [4.78, 5) is 0. The second kappa shape index (κ2) is 5.19. The van der Waals surface area contributed by atoms with E-state index in [9.17, 15) is 0 Å². The molecule has 1 N–H and O–H groups in total. The minimum atomic E-state index is 0.368. The van der Waals surface area contributed by atoms with Gasteiger partial charge in [0.15, 0.2) is 0 Å². The van der Waals surface area contributed by atoms with E-state index in [1.54, 1.807) is 0 Å². The van der Waals surface area contributed by atoms with Crippen molar-refractivity contribution in [3.05, 3.63) is 41.4 Å². The molecule has 0 atom stereocenters. The van der Waals surface area contributed by atoms with E-state index in [2.05, 4.69) is 17.4 Å².